The number of rotatable bonds is 5. The molecule has 1 saturated heterocycles. The predicted octanol–water partition coefficient (Wildman–Crippen LogP) is -0.106. The minimum Gasteiger partial charge on any atom is -0.452 e. The van der Waals surface area contributed by atoms with Crippen LogP contribution >= 0.6 is 0 Å². The van der Waals surface area contributed by atoms with Crippen LogP contribution in [-0.4, -0.2) is 54.1 Å². The lowest BCUT2D eigenvalue weighted by Crippen LogP contribution is -2.46. The standard InChI is InChI=1S/C11H17N3O4/c1-4-13-5-6-14(11(13)17)12-9(15)7-18-10(16)8(2)3/h2,4-7H2,1,3H3,(H,12,15). The molecule has 0 aromatic carbocycles. The van der Waals surface area contributed by atoms with Crippen molar-refractivity contribution in [3.8, 4) is 0 Å². The van der Waals surface area contributed by atoms with Gasteiger partial charge in [-0.2, -0.15) is 0 Å². The summed E-state index contributed by atoms with van der Waals surface area (Å²) in [6.45, 7) is 7.90. The topological polar surface area (TPSA) is 79.0 Å². The molecule has 1 rings (SSSR count). The smallest absolute Gasteiger partial charge is 0.338 e. The van der Waals surface area contributed by atoms with Gasteiger partial charge in [0.25, 0.3) is 5.91 Å². The molecule has 0 aromatic heterocycles. The van der Waals surface area contributed by atoms with Gasteiger partial charge in [0, 0.05) is 18.7 Å². The maximum Gasteiger partial charge on any atom is 0.338 e. The summed E-state index contributed by atoms with van der Waals surface area (Å²) in [6, 6.07) is -0.253. The molecule has 0 saturated carbocycles. The largest absolute Gasteiger partial charge is 0.452 e. The number of amides is 3. The summed E-state index contributed by atoms with van der Waals surface area (Å²) in [5.41, 5.74) is 2.60. The molecule has 0 unspecified atom stereocenters. The molecule has 7 nitrogen and oxygen atoms in total. The van der Waals surface area contributed by atoms with Crippen molar-refractivity contribution in [1.29, 1.82) is 0 Å². The molecule has 0 radical (unpaired) electrons. The Morgan fingerprint density at radius 2 is 2.11 bits per heavy atom. The van der Waals surface area contributed by atoms with Crippen molar-refractivity contribution >= 4 is 17.9 Å². The van der Waals surface area contributed by atoms with E-state index in [0.717, 1.165) is 0 Å². The van der Waals surface area contributed by atoms with E-state index in [2.05, 4.69) is 16.7 Å². The lowest BCUT2D eigenvalue weighted by molar-refractivity contribution is -0.145. The van der Waals surface area contributed by atoms with Crippen molar-refractivity contribution in [2.45, 2.75) is 13.8 Å². The van der Waals surface area contributed by atoms with E-state index in [9.17, 15) is 14.4 Å². The fraction of sp³-hybridized carbons (Fsp3) is 0.545. The van der Waals surface area contributed by atoms with E-state index in [1.807, 2.05) is 6.92 Å². The van der Waals surface area contributed by atoms with Gasteiger partial charge < -0.3 is 9.64 Å². The van der Waals surface area contributed by atoms with Crippen LogP contribution < -0.4 is 5.43 Å². The summed E-state index contributed by atoms with van der Waals surface area (Å²) in [7, 11) is 0. The lowest BCUT2D eigenvalue weighted by Gasteiger charge is -2.18. The third-order valence-corrected chi connectivity index (χ3v) is 2.42. The van der Waals surface area contributed by atoms with Gasteiger partial charge in [-0.3, -0.25) is 10.2 Å². The maximum absolute atomic E-state index is 11.6. The molecule has 1 heterocycles. The summed E-state index contributed by atoms with van der Waals surface area (Å²) >= 11 is 0. The molecule has 3 amide bonds. The zero-order valence-corrected chi connectivity index (χ0v) is 10.6. The predicted molar refractivity (Wildman–Crippen MR) is 63.3 cm³/mol. The molecule has 0 bridgehead atoms. The number of hydrogen-bond acceptors (Lipinski definition) is 4. The van der Waals surface area contributed by atoms with Gasteiger partial charge in [-0.25, -0.2) is 14.6 Å². The first kappa shape index (κ1) is 14.0. The van der Waals surface area contributed by atoms with Gasteiger partial charge in [0.15, 0.2) is 6.61 Å². The second-order valence-corrected chi connectivity index (χ2v) is 3.91. The van der Waals surface area contributed by atoms with Crippen molar-refractivity contribution in [3.63, 3.8) is 0 Å². The Morgan fingerprint density at radius 1 is 1.44 bits per heavy atom. The average molecular weight is 255 g/mol. The summed E-state index contributed by atoms with van der Waals surface area (Å²) in [5.74, 6) is -1.18. The van der Waals surface area contributed by atoms with Gasteiger partial charge in [-0.05, 0) is 13.8 Å². The van der Waals surface area contributed by atoms with E-state index < -0.39 is 18.5 Å². The number of carbonyl (C=O) groups is 3. The van der Waals surface area contributed by atoms with Crippen LogP contribution in [0, 0.1) is 0 Å². The number of hydrazine groups is 1. The Labute approximate surface area is 105 Å². The normalized spacial score (nSPS) is 14.7. The molecule has 0 atom stereocenters. The van der Waals surface area contributed by atoms with Gasteiger partial charge in [0.1, 0.15) is 0 Å². The number of likely N-dealkylation sites (N-methyl/N-ethyl adjacent to an activating group) is 1. The van der Waals surface area contributed by atoms with E-state index in [1.54, 1.807) is 4.90 Å². The first-order valence-electron chi connectivity index (χ1n) is 5.64. The monoisotopic (exact) mass is 255 g/mol. The highest BCUT2D eigenvalue weighted by Crippen LogP contribution is 2.04. The molecule has 0 aromatic rings. The van der Waals surface area contributed by atoms with Crippen LogP contribution in [0.5, 0.6) is 0 Å². The van der Waals surface area contributed by atoms with E-state index in [4.69, 9.17) is 0 Å². The van der Waals surface area contributed by atoms with Crippen molar-refractivity contribution < 1.29 is 19.1 Å². The Kier molecular flexibility index (Phi) is 4.70. The lowest BCUT2D eigenvalue weighted by atomic mass is 10.4. The third kappa shape index (κ3) is 3.47. The van der Waals surface area contributed by atoms with Gasteiger partial charge >= 0.3 is 12.0 Å². The van der Waals surface area contributed by atoms with Crippen LogP contribution in [0.3, 0.4) is 0 Å². The molecule has 1 fully saturated rings. The van der Waals surface area contributed by atoms with Crippen LogP contribution in [0.4, 0.5) is 4.79 Å². The van der Waals surface area contributed by atoms with E-state index in [-0.39, 0.29) is 11.6 Å². The van der Waals surface area contributed by atoms with E-state index in [1.165, 1.54) is 11.9 Å². The fourth-order valence-corrected chi connectivity index (χ4v) is 1.42. The Morgan fingerprint density at radius 3 is 2.61 bits per heavy atom. The Hall–Kier alpha value is -2.05. The van der Waals surface area contributed by atoms with Crippen molar-refractivity contribution in [2.75, 3.05) is 26.2 Å². The van der Waals surface area contributed by atoms with Crippen LogP contribution in [0.2, 0.25) is 0 Å². The highest BCUT2D eigenvalue weighted by molar-refractivity contribution is 5.89. The Balaban J connectivity index is 2.35. The second kappa shape index (κ2) is 6.04. The van der Waals surface area contributed by atoms with Gasteiger partial charge in [-0.1, -0.05) is 6.58 Å². The number of nitrogens with one attached hydrogen (secondary N) is 1. The molecule has 1 aliphatic rings. The van der Waals surface area contributed by atoms with Crippen molar-refractivity contribution in [2.24, 2.45) is 0 Å². The van der Waals surface area contributed by atoms with Crippen molar-refractivity contribution in [3.05, 3.63) is 12.2 Å². The minimum absolute atomic E-state index is 0.220. The number of ether oxygens (including phenoxy) is 1. The number of nitrogens with zero attached hydrogens (tertiary/aromatic N) is 2. The molecular weight excluding hydrogens is 238 g/mol. The van der Waals surface area contributed by atoms with Crippen LogP contribution in [-0.2, 0) is 14.3 Å². The molecule has 0 spiro atoms. The van der Waals surface area contributed by atoms with Crippen LogP contribution in [0.1, 0.15) is 13.8 Å². The zero-order chi connectivity index (χ0) is 13.7. The number of esters is 1. The summed E-state index contributed by atoms with van der Waals surface area (Å²) < 4.78 is 4.66. The molecule has 100 valence electrons. The highest BCUT2D eigenvalue weighted by atomic mass is 16.5. The third-order valence-electron chi connectivity index (χ3n) is 2.42. The minimum atomic E-state index is -0.631. The van der Waals surface area contributed by atoms with E-state index in [0.29, 0.717) is 19.6 Å². The van der Waals surface area contributed by atoms with Crippen molar-refractivity contribution in [1.82, 2.24) is 15.3 Å². The summed E-state index contributed by atoms with van der Waals surface area (Å²) in [4.78, 5) is 35.7. The molecule has 18 heavy (non-hydrogen) atoms. The van der Waals surface area contributed by atoms with E-state index >= 15 is 0 Å². The fourth-order valence-electron chi connectivity index (χ4n) is 1.42. The van der Waals surface area contributed by atoms with Gasteiger partial charge in [-0.15, -0.1) is 0 Å². The first-order valence-corrected chi connectivity index (χ1v) is 5.64. The number of urea groups is 1. The summed E-state index contributed by atoms with van der Waals surface area (Å²) in [5, 5.41) is 1.21. The molecule has 1 aliphatic heterocycles. The molecule has 0 aliphatic carbocycles. The number of hydrogen-bond donors (Lipinski definition) is 1. The van der Waals surface area contributed by atoms with Gasteiger partial charge in [0.2, 0.25) is 0 Å². The molecule has 1 N–H and O–H groups in total. The number of carbonyl (C=O) groups excluding carboxylic acids is 3. The molecular formula is C11H17N3O4. The van der Waals surface area contributed by atoms with Gasteiger partial charge in [0.05, 0.1) is 6.54 Å². The highest BCUT2D eigenvalue weighted by Gasteiger charge is 2.28. The summed E-state index contributed by atoms with van der Waals surface area (Å²) in [6.07, 6.45) is 0. The maximum atomic E-state index is 11.6. The second-order valence-electron chi connectivity index (χ2n) is 3.91. The quantitative estimate of drug-likeness (QED) is 0.549. The zero-order valence-electron chi connectivity index (χ0n) is 10.6. The average Bonchev–Trinajstić information content (AvgIpc) is 2.67. The van der Waals surface area contributed by atoms with Crippen LogP contribution in [0.25, 0.3) is 0 Å². The first-order chi connectivity index (χ1) is 8.45. The molecule has 7 heteroatoms. The Bertz CT molecular complexity index is 380. The van der Waals surface area contributed by atoms with Crippen LogP contribution in [0.15, 0.2) is 12.2 Å². The SMILES string of the molecule is C=C(C)C(=O)OCC(=O)NN1CCN(CC)C1=O.